The molecule has 4 heteroatoms. The number of anilines is 1. The Bertz CT molecular complexity index is 914. The van der Waals surface area contributed by atoms with Crippen molar-refractivity contribution >= 4 is 5.82 Å². The van der Waals surface area contributed by atoms with Gasteiger partial charge in [-0.25, -0.2) is 9.07 Å². The summed E-state index contributed by atoms with van der Waals surface area (Å²) >= 11 is 0. The predicted octanol–water partition coefficient (Wildman–Crippen LogP) is 4.91. The molecule has 3 nitrogen and oxygen atoms in total. The highest BCUT2D eigenvalue weighted by atomic mass is 19.1. The lowest BCUT2D eigenvalue weighted by Crippen LogP contribution is -2.08. The zero-order valence-corrected chi connectivity index (χ0v) is 15.1. The molecule has 26 heavy (non-hydrogen) atoms. The predicted molar refractivity (Wildman–Crippen MR) is 104 cm³/mol. The number of aryl methyl sites for hydroxylation is 1. The van der Waals surface area contributed by atoms with E-state index >= 15 is 0 Å². The van der Waals surface area contributed by atoms with Gasteiger partial charge in [-0.3, -0.25) is 0 Å². The number of hydrogen-bond acceptors (Lipinski definition) is 2. The minimum atomic E-state index is -0.161. The molecule has 0 bridgehead atoms. The van der Waals surface area contributed by atoms with Crippen LogP contribution in [0.5, 0.6) is 0 Å². The fraction of sp³-hybridized carbons (Fsp3) is 0.318. The van der Waals surface area contributed by atoms with Crippen LogP contribution in [0.15, 0.2) is 48.5 Å². The summed E-state index contributed by atoms with van der Waals surface area (Å²) in [5, 5.41) is 8.51. The average Bonchev–Trinajstić information content (AvgIpc) is 2.84. The summed E-state index contributed by atoms with van der Waals surface area (Å²) < 4.78 is 16.2. The third-order valence-electron chi connectivity index (χ3n) is 5.13. The third-order valence-corrected chi connectivity index (χ3v) is 5.13. The molecule has 134 valence electrons. The summed E-state index contributed by atoms with van der Waals surface area (Å²) in [6, 6.07) is 15.4. The van der Waals surface area contributed by atoms with Crippen LogP contribution in [0.2, 0.25) is 0 Å². The van der Waals surface area contributed by atoms with Gasteiger partial charge in [0.2, 0.25) is 0 Å². The number of nitrogens with zero attached hydrogens (tertiary/aromatic N) is 2. The van der Waals surface area contributed by atoms with E-state index in [-0.39, 0.29) is 5.82 Å². The number of hydrogen-bond donors (Lipinski definition) is 1. The molecule has 0 aliphatic carbocycles. The Balaban J connectivity index is 1.83. The average molecular weight is 349 g/mol. The van der Waals surface area contributed by atoms with Gasteiger partial charge in [-0.1, -0.05) is 43.3 Å². The second-order valence-electron chi connectivity index (χ2n) is 6.82. The molecule has 3 aromatic rings. The lowest BCUT2D eigenvalue weighted by molar-refractivity contribution is 0.612. The molecule has 1 aliphatic rings. The first kappa shape index (κ1) is 16.8. The molecule has 0 fully saturated rings. The van der Waals surface area contributed by atoms with E-state index in [0.29, 0.717) is 12.0 Å². The molecule has 0 amide bonds. The maximum atomic E-state index is 14.2. The van der Waals surface area contributed by atoms with Crippen molar-refractivity contribution in [2.75, 3.05) is 11.9 Å². The van der Waals surface area contributed by atoms with Gasteiger partial charge >= 0.3 is 0 Å². The second kappa shape index (κ2) is 7.32. The Kier molecular flexibility index (Phi) is 4.74. The normalized spacial score (nSPS) is 13.8. The fourth-order valence-corrected chi connectivity index (χ4v) is 3.73. The van der Waals surface area contributed by atoms with E-state index in [4.69, 9.17) is 5.10 Å². The summed E-state index contributed by atoms with van der Waals surface area (Å²) in [5.74, 6) is 0.918. The number of nitrogens with one attached hydrogen (secondary N) is 1. The first-order chi connectivity index (χ1) is 12.8. The van der Waals surface area contributed by atoms with Gasteiger partial charge in [0.1, 0.15) is 11.6 Å². The Morgan fingerprint density at radius 3 is 2.62 bits per heavy atom. The standard InChI is InChI=1S/C22H24FN3/c1-2-16-9-4-6-13-21(16)26-22-18(11-7-8-14-24-22)20(25-26)15-17-10-3-5-12-19(17)23/h3-6,9-10,12-13,24H,2,7-8,11,14-15H2,1H3. The molecule has 4 rings (SSSR count). The van der Waals surface area contributed by atoms with Crippen LogP contribution in [0, 0.1) is 5.82 Å². The minimum Gasteiger partial charge on any atom is -0.370 e. The molecule has 0 spiro atoms. The molecule has 0 saturated carbocycles. The summed E-state index contributed by atoms with van der Waals surface area (Å²) in [6.45, 7) is 3.11. The van der Waals surface area contributed by atoms with Crippen LogP contribution in [0.4, 0.5) is 10.2 Å². The van der Waals surface area contributed by atoms with E-state index in [2.05, 4.69) is 36.5 Å². The summed E-state index contributed by atoms with van der Waals surface area (Å²) in [6.07, 6.45) is 4.74. The van der Waals surface area contributed by atoms with Gasteiger partial charge in [0.25, 0.3) is 0 Å². The van der Waals surface area contributed by atoms with Crippen molar-refractivity contribution in [3.05, 3.63) is 76.7 Å². The largest absolute Gasteiger partial charge is 0.370 e. The van der Waals surface area contributed by atoms with Crippen molar-refractivity contribution in [3.63, 3.8) is 0 Å². The van der Waals surface area contributed by atoms with Gasteiger partial charge in [0.05, 0.1) is 11.4 Å². The van der Waals surface area contributed by atoms with Gasteiger partial charge < -0.3 is 5.32 Å². The molecule has 0 radical (unpaired) electrons. The van der Waals surface area contributed by atoms with Crippen molar-refractivity contribution in [1.82, 2.24) is 9.78 Å². The van der Waals surface area contributed by atoms with Gasteiger partial charge in [0, 0.05) is 18.5 Å². The Labute approximate surface area is 153 Å². The summed E-state index contributed by atoms with van der Waals surface area (Å²) in [7, 11) is 0. The molecule has 1 N–H and O–H groups in total. The molecule has 1 aliphatic heterocycles. The minimum absolute atomic E-state index is 0.161. The first-order valence-electron chi connectivity index (χ1n) is 9.44. The first-order valence-corrected chi connectivity index (χ1v) is 9.44. The van der Waals surface area contributed by atoms with Crippen LogP contribution in [-0.4, -0.2) is 16.3 Å². The highest BCUT2D eigenvalue weighted by molar-refractivity contribution is 5.56. The maximum absolute atomic E-state index is 14.2. The van der Waals surface area contributed by atoms with Crippen molar-refractivity contribution in [3.8, 4) is 5.69 Å². The number of fused-ring (bicyclic) bond motifs is 1. The van der Waals surface area contributed by atoms with Crippen LogP contribution in [0.25, 0.3) is 5.69 Å². The lowest BCUT2D eigenvalue weighted by Gasteiger charge is -2.12. The molecular formula is C22H24FN3. The van der Waals surface area contributed by atoms with Crippen LogP contribution >= 0.6 is 0 Å². The molecule has 0 atom stereocenters. The van der Waals surface area contributed by atoms with E-state index in [9.17, 15) is 4.39 Å². The number of halogens is 1. The van der Waals surface area contributed by atoms with Gasteiger partial charge in [-0.05, 0) is 48.9 Å². The monoisotopic (exact) mass is 349 g/mol. The smallest absolute Gasteiger partial charge is 0.133 e. The highest BCUT2D eigenvalue weighted by Crippen LogP contribution is 2.31. The quantitative estimate of drug-likeness (QED) is 0.725. The SMILES string of the molecule is CCc1ccccc1-n1nc(Cc2ccccc2F)c2c1NCCCC2. The second-order valence-corrected chi connectivity index (χ2v) is 6.82. The van der Waals surface area contributed by atoms with Gasteiger partial charge in [-0.15, -0.1) is 0 Å². The number of aromatic nitrogens is 2. The molecule has 0 unspecified atom stereocenters. The fourth-order valence-electron chi connectivity index (χ4n) is 3.73. The zero-order valence-electron chi connectivity index (χ0n) is 15.1. The van der Waals surface area contributed by atoms with Crippen molar-refractivity contribution in [2.24, 2.45) is 0 Å². The van der Waals surface area contributed by atoms with E-state index in [1.54, 1.807) is 6.07 Å². The summed E-state index contributed by atoms with van der Waals surface area (Å²) in [4.78, 5) is 0. The molecule has 2 aromatic carbocycles. The van der Waals surface area contributed by atoms with Crippen LogP contribution in [-0.2, 0) is 19.3 Å². The zero-order chi connectivity index (χ0) is 17.9. The molecule has 0 saturated heterocycles. The lowest BCUT2D eigenvalue weighted by atomic mass is 10.0. The van der Waals surface area contributed by atoms with Crippen molar-refractivity contribution in [1.29, 1.82) is 0 Å². The molecule has 2 heterocycles. The van der Waals surface area contributed by atoms with E-state index in [0.717, 1.165) is 49.4 Å². The van der Waals surface area contributed by atoms with Crippen molar-refractivity contribution in [2.45, 2.75) is 39.0 Å². The van der Waals surface area contributed by atoms with E-state index in [1.807, 2.05) is 16.8 Å². The van der Waals surface area contributed by atoms with Crippen LogP contribution < -0.4 is 5.32 Å². The third kappa shape index (κ3) is 3.12. The Morgan fingerprint density at radius 2 is 1.81 bits per heavy atom. The maximum Gasteiger partial charge on any atom is 0.133 e. The van der Waals surface area contributed by atoms with Crippen LogP contribution in [0.3, 0.4) is 0 Å². The number of para-hydroxylation sites is 1. The Hall–Kier alpha value is -2.62. The van der Waals surface area contributed by atoms with Gasteiger partial charge in [0.15, 0.2) is 0 Å². The van der Waals surface area contributed by atoms with Crippen LogP contribution in [0.1, 0.15) is 42.1 Å². The molecular weight excluding hydrogens is 325 g/mol. The van der Waals surface area contributed by atoms with E-state index in [1.165, 1.54) is 17.2 Å². The van der Waals surface area contributed by atoms with Crippen molar-refractivity contribution < 1.29 is 4.39 Å². The number of rotatable bonds is 4. The highest BCUT2D eigenvalue weighted by Gasteiger charge is 2.22. The Morgan fingerprint density at radius 1 is 1.04 bits per heavy atom. The number of benzene rings is 2. The molecule has 1 aromatic heterocycles. The summed E-state index contributed by atoms with van der Waals surface area (Å²) in [5.41, 5.74) is 5.29. The topological polar surface area (TPSA) is 29.9 Å². The van der Waals surface area contributed by atoms with Gasteiger partial charge in [-0.2, -0.15) is 5.10 Å². The van der Waals surface area contributed by atoms with E-state index < -0.39 is 0 Å².